The predicted octanol–water partition coefficient (Wildman–Crippen LogP) is 6.37. The molecule has 0 N–H and O–H groups in total. The highest BCUT2D eigenvalue weighted by molar-refractivity contribution is 5.86. The Hall–Kier alpha value is -3.73. The van der Waals surface area contributed by atoms with Gasteiger partial charge < -0.3 is 9.64 Å². The number of hydrogen-bond donors (Lipinski definition) is 0. The lowest BCUT2D eigenvalue weighted by Crippen LogP contribution is -2.43. The number of piperazine rings is 1. The maximum absolute atomic E-state index is 6.02. The number of allylic oxidation sites excluding steroid dienone is 1. The summed E-state index contributed by atoms with van der Waals surface area (Å²) in [4.78, 5) is 9.78. The zero-order valence-electron chi connectivity index (χ0n) is 22.4. The molecule has 0 saturated carbocycles. The van der Waals surface area contributed by atoms with E-state index in [9.17, 15) is 0 Å². The van der Waals surface area contributed by atoms with Gasteiger partial charge in [0.15, 0.2) is 0 Å². The Kier molecular flexibility index (Phi) is 7.08. The topological polar surface area (TPSA) is 28.6 Å². The van der Waals surface area contributed by atoms with Crippen molar-refractivity contribution in [3.05, 3.63) is 125 Å². The molecule has 1 fully saturated rings. The van der Waals surface area contributed by atoms with E-state index in [1.807, 2.05) is 6.20 Å². The molecule has 2 heterocycles. The number of rotatable bonds is 7. The third kappa shape index (κ3) is 5.57. The van der Waals surface area contributed by atoms with Gasteiger partial charge in [-0.25, -0.2) is 0 Å². The largest absolute Gasteiger partial charge is 0.489 e. The lowest BCUT2D eigenvalue weighted by atomic mass is 9.97. The number of likely N-dealkylation sites (N-methyl/N-ethyl adjacent to an activating group) is 1. The van der Waals surface area contributed by atoms with Gasteiger partial charge in [-0.3, -0.25) is 9.88 Å². The third-order valence-electron chi connectivity index (χ3n) is 7.74. The lowest BCUT2D eigenvalue weighted by molar-refractivity contribution is 0.148. The molecule has 0 atom stereocenters. The zero-order valence-corrected chi connectivity index (χ0v) is 22.4. The van der Waals surface area contributed by atoms with E-state index >= 15 is 0 Å². The number of hydrogen-bond acceptors (Lipinski definition) is 4. The number of aromatic nitrogens is 1. The first kappa shape index (κ1) is 24.6. The van der Waals surface area contributed by atoms with Crippen LogP contribution in [0.2, 0.25) is 0 Å². The van der Waals surface area contributed by atoms with Crippen LogP contribution in [0.3, 0.4) is 0 Å². The molecule has 1 aliphatic carbocycles. The van der Waals surface area contributed by atoms with Crippen LogP contribution in [0.5, 0.6) is 5.75 Å². The summed E-state index contributed by atoms with van der Waals surface area (Å²) in [6.45, 7) is 8.28. The summed E-state index contributed by atoms with van der Waals surface area (Å²) in [6.07, 6.45) is 5.19. The smallest absolute Gasteiger partial charge is 0.119 e. The molecule has 4 nitrogen and oxygen atoms in total. The summed E-state index contributed by atoms with van der Waals surface area (Å²) in [5.41, 5.74) is 11.0. The summed E-state index contributed by atoms with van der Waals surface area (Å²) in [7, 11) is 2.20. The molecule has 1 aromatic heterocycles. The molecule has 0 bridgehead atoms. The summed E-state index contributed by atoms with van der Waals surface area (Å²) >= 11 is 0. The number of pyridine rings is 1. The number of ether oxygens (including phenoxy) is 1. The van der Waals surface area contributed by atoms with Crippen molar-refractivity contribution in [1.82, 2.24) is 14.8 Å². The molecule has 3 aromatic carbocycles. The van der Waals surface area contributed by atoms with E-state index in [0.717, 1.165) is 50.6 Å². The van der Waals surface area contributed by atoms with Gasteiger partial charge in [0.25, 0.3) is 0 Å². The maximum atomic E-state index is 6.02. The van der Waals surface area contributed by atoms with Gasteiger partial charge >= 0.3 is 0 Å². The Morgan fingerprint density at radius 2 is 1.45 bits per heavy atom. The molecule has 0 spiro atoms. The summed E-state index contributed by atoms with van der Waals surface area (Å²) in [5, 5.41) is 0. The molecule has 6 rings (SSSR count). The quantitative estimate of drug-likeness (QED) is 0.294. The predicted molar refractivity (Wildman–Crippen MR) is 155 cm³/mol. The van der Waals surface area contributed by atoms with Gasteiger partial charge in [-0.15, -0.1) is 0 Å². The second-order valence-electron chi connectivity index (χ2n) is 10.6. The molecular formula is C34H35N3O. The molecule has 192 valence electrons. The first-order chi connectivity index (χ1) is 18.6. The van der Waals surface area contributed by atoms with Crippen LogP contribution in [0.15, 0.2) is 91.1 Å². The van der Waals surface area contributed by atoms with Crippen LogP contribution >= 0.6 is 0 Å². The molecule has 0 radical (unpaired) electrons. The Bertz CT molecular complexity index is 1410. The Morgan fingerprint density at radius 1 is 0.763 bits per heavy atom. The van der Waals surface area contributed by atoms with E-state index in [2.05, 4.69) is 109 Å². The molecule has 38 heavy (non-hydrogen) atoms. The molecule has 4 aromatic rings. The minimum Gasteiger partial charge on any atom is -0.489 e. The van der Waals surface area contributed by atoms with Crippen molar-refractivity contribution in [1.29, 1.82) is 0 Å². The highest BCUT2D eigenvalue weighted by Crippen LogP contribution is 2.35. The summed E-state index contributed by atoms with van der Waals surface area (Å²) in [5.74, 6) is 0.886. The minimum atomic E-state index is 0.576. The van der Waals surface area contributed by atoms with Crippen LogP contribution in [0.25, 0.3) is 16.7 Å². The van der Waals surface area contributed by atoms with Crippen LogP contribution < -0.4 is 4.74 Å². The van der Waals surface area contributed by atoms with Gasteiger partial charge in [-0.05, 0) is 60.0 Å². The fourth-order valence-electron chi connectivity index (χ4n) is 5.28. The Balaban J connectivity index is 1.13. The highest BCUT2D eigenvalue weighted by Gasteiger charge is 2.18. The number of benzene rings is 3. The van der Waals surface area contributed by atoms with Gasteiger partial charge in [0.2, 0.25) is 0 Å². The van der Waals surface area contributed by atoms with Crippen molar-refractivity contribution < 1.29 is 4.74 Å². The lowest BCUT2D eigenvalue weighted by Gasteiger charge is -2.32. The highest BCUT2D eigenvalue weighted by atomic mass is 16.5. The van der Waals surface area contributed by atoms with E-state index < -0.39 is 0 Å². The van der Waals surface area contributed by atoms with Crippen LogP contribution in [0.4, 0.5) is 0 Å². The van der Waals surface area contributed by atoms with E-state index in [4.69, 9.17) is 9.72 Å². The standard InChI is InChI=1S/C34H35N3O/c1-25-3-5-27(6-4-25)24-38-31-13-11-29(12-14-31)32-15-16-34-33(32)21-30(22-35-34)28-9-7-26(8-10-28)23-37-19-17-36(2)18-20-37/h3-15,21-22H,16-20,23-24H2,1-2H3. The van der Waals surface area contributed by atoms with Crippen molar-refractivity contribution in [3.63, 3.8) is 0 Å². The monoisotopic (exact) mass is 501 g/mol. The molecular weight excluding hydrogens is 466 g/mol. The van der Waals surface area contributed by atoms with Crippen molar-refractivity contribution >= 4 is 5.57 Å². The Labute approximate surface area is 226 Å². The normalized spacial score (nSPS) is 15.8. The number of aryl methyl sites for hydroxylation is 1. The zero-order chi connectivity index (χ0) is 25.9. The SMILES string of the molecule is Cc1ccc(COc2ccc(C3=CCc4ncc(-c5ccc(CN6CCN(C)CC6)cc5)cc43)cc2)cc1. The van der Waals surface area contributed by atoms with Crippen molar-refractivity contribution in [3.8, 4) is 16.9 Å². The van der Waals surface area contributed by atoms with Crippen LogP contribution in [0.1, 0.15) is 33.5 Å². The third-order valence-corrected chi connectivity index (χ3v) is 7.74. The van der Waals surface area contributed by atoms with E-state index in [1.165, 1.54) is 44.5 Å². The van der Waals surface area contributed by atoms with Gasteiger partial charge in [-0.2, -0.15) is 0 Å². The molecule has 0 unspecified atom stereocenters. The molecule has 0 amide bonds. The van der Waals surface area contributed by atoms with E-state index in [-0.39, 0.29) is 0 Å². The fraction of sp³-hybridized carbons (Fsp3) is 0.265. The van der Waals surface area contributed by atoms with E-state index in [1.54, 1.807) is 0 Å². The van der Waals surface area contributed by atoms with Crippen molar-refractivity contribution in [2.45, 2.75) is 26.5 Å². The average molecular weight is 502 g/mol. The second kappa shape index (κ2) is 10.9. The Morgan fingerprint density at radius 3 is 2.18 bits per heavy atom. The first-order valence-corrected chi connectivity index (χ1v) is 13.6. The second-order valence-corrected chi connectivity index (χ2v) is 10.6. The number of fused-ring (bicyclic) bond motifs is 1. The van der Waals surface area contributed by atoms with Crippen molar-refractivity contribution in [2.24, 2.45) is 0 Å². The molecule has 4 heteroatoms. The minimum absolute atomic E-state index is 0.576. The van der Waals surface area contributed by atoms with Crippen molar-refractivity contribution in [2.75, 3.05) is 33.2 Å². The maximum Gasteiger partial charge on any atom is 0.119 e. The van der Waals surface area contributed by atoms with Gasteiger partial charge in [0.1, 0.15) is 12.4 Å². The summed E-state index contributed by atoms with van der Waals surface area (Å²) in [6, 6.07) is 28.3. The van der Waals surface area contributed by atoms with Crippen LogP contribution in [0, 0.1) is 6.92 Å². The average Bonchev–Trinajstić information content (AvgIpc) is 3.38. The molecule has 1 aliphatic heterocycles. The van der Waals surface area contributed by atoms with Gasteiger partial charge in [0, 0.05) is 56.5 Å². The fourth-order valence-corrected chi connectivity index (χ4v) is 5.28. The summed E-state index contributed by atoms with van der Waals surface area (Å²) < 4.78 is 6.02. The van der Waals surface area contributed by atoms with Crippen LogP contribution in [-0.2, 0) is 19.6 Å². The van der Waals surface area contributed by atoms with Gasteiger partial charge in [0.05, 0.1) is 5.69 Å². The molecule has 1 saturated heterocycles. The van der Waals surface area contributed by atoms with Gasteiger partial charge in [-0.1, -0.05) is 72.3 Å². The number of nitrogens with zero attached hydrogens (tertiary/aromatic N) is 3. The van der Waals surface area contributed by atoms with E-state index in [0.29, 0.717) is 6.61 Å². The molecule has 2 aliphatic rings. The van der Waals surface area contributed by atoms with Crippen LogP contribution in [-0.4, -0.2) is 48.0 Å². The first-order valence-electron chi connectivity index (χ1n) is 13.6.